The van der Waals surface area contributed by atoms with Crippen molar-refractivity contribution < 1.29 is 38.0 Å². The molecule has 1 amide bonds. The third-order valence-corrected chi connectivity index (χ3v) is 6.57. The molecular weight excluding hydrogens is 516 g/mol. The second kappa shape index (κ2) is 13.0. The minimum absolute atomic E-state index is 0.238. The maximum absolute atomic E-state index is 12.4. The summed E-state index contributed by atoms with van der Waals surface area (Å²) in [6, 6.07) is 14.7. The predicted molar refractivity (Wildman–Crippen MR) is 150 cm³/mol. The highest BCUT2D eigenvalue weighted by atomic mass is 16.5. The molecule has 0 spiro atoms. The van der Waals surface area contributed by atoms with Crippen LogP contribution in [0.25, 0.3) is 0 Å². The van der Waals surface area contributed by atoms with Gasteiger partial charge < -0.3 is 33.2 Å². The van der Waals surface area contributed by atoms with Gasteiger partial charge in [-0.2, -0.15) is 5.10 Å². The summed E-state index contributed by atoms with van der Waals surface area (Å²) < 4.78 is 39.4. The zero-order valence-corrected chi connectivity index (χ0v) is 23.5. The topological polar surface area (TPSA) is 106 Å². The molecule has 10 heteroatoms. The van der Waals surface area contributed by atoms with E-state index in [1.165, 1.54) is 0 Å². The fourth-order valence-corrected chi connectivity index (χ4v) is 4.45. The molecule has 0 saturated heterocycles. The number of amides is 1. The zero-order valence-electron chi connectivity index (χ0n) is 23.5. The molecule has 1 atom stereocenters. The first-order chi connectivity index (χ1) is 19.4. The van der Waals surface area contributed by atoms with Crippen LogP contribution in [0.15, 0.2) is 53.6 Å². The lowest BCUT2D eigenvalue weighted by molar-refractivity contribution is -0.123. The van der Waals surface area contributed by atoms with Crippen molar-refractivity contribution in [2.45, 2.75) is 25.9 Å². The van der Waals surface area contributed by atoms with Crippen molar-refractivity contribution in [3.05, 3.63) is 65.2 Å². The van der Waals surface area contributed by atoms with E-state index in [9.17, 15) is 4.79 Å². The van der Waals surface area contributed by atoms with E-state index in [-0.39, 0.29) is 12.7 Å². The minimum atomic E-state index is -0.402. The summed E-state index contributed by atoms with van der Waals surface area (Å²) in [7, 11) is 7.92. The largest absolute Gasteiger partial charge is 0.497 e. The molecule has 0 saturated carbocycles. The fraction of sp³-hybridized carbons (Fsp3) is 0.333. The number of benzene rings is 3. The number of hydrogen-bond donors (Lipinski definition) is 1. The van der Waals surface area contributed by atoms with Crippen LogP contribution in [0.1, 0.15) is 36.1 Å². The molecule has 1 N–H and O–H groups in total. The summed E-state index contributed by atoms with van der Waals surface area (Å²) in [4.78, 5) is 12.4. The Morgan fingerprint density at radius 1 is 0.875 bits per heavy atom. The zero-order chi connectivity index (χ0) is 28.6. The molecule has 212 valence electrons. The highest BCUT2D eigenvalue weighted by molar-refractivity contribution is 5.99. The number of fused-ring (bicyclic) bond motifs is 1. The van der Waals surface area contributed by atoms with Gasteiger partial charge in [0.1, 0.15) is 29.1 Å². The standard InChI is InChI=1S/C30H34N2O8/c1-18(19-7-9-21(34-2)10-8-19)31-32-29(33)17-39-22-15-25(35-3)23-11-12-24(40-26(23)16-22)20-13-27(36-4)30(38-6)28(14-20)37-5/h7-10,13-16,24H,11-12,17H2,1-6H3,(H,32,33)/b31-18+. The molecule has 0 aliphatic carbocycles. The van der Waals surface area contributed by atoms with E-state index in [4.69, 9.17) is 33.2 Å². The van der Waals surface area contributed by atoms with Crippen molar-refractivity contribution in [3.63, 3.8) is 0 Å². The first-order valence-electron chi connectivity index (χ1n) is 12.7. The van der Waals surface area contributed by atoms with Crippen molar-refractivity contribution >= 4 is 11.6 Å². The molecule has 0 bridgehead atoms. The van der Waals surface area contributed by atoms with Crippen LogP contribution in [-0.2, 0) is 11.2 Å². The summed E-state index contributed by atoms with van der Waals surface area (Å²) in [5.74, 6) is 3.65. The van der Waals surface area contributed by atoms with Crippen molar-refractivity contribution in [3.8, 4) is 40.2 Å². The maximum atomic E-state index is 12.4. The lowest BCUT2D eigenvalue weighted by Gasteiger charge is -2.29. The maximum Gasteiger partial charge on any atom is 0.277 e. The van der Waals surface area contributed by atoms with Gasteiger partial charge in [-0.25, -0.2) is 5.43 Å². The molecule has 40 heavy (non-hydrogen) atoms. The quantitative estimate of drug-likeness (QED) is 0.270. The Balaban J connectivity index is 1.45. The summed E-state index contributed by atoms with van der Waals surface area (Å²) in [5, 5.41) is 4.17. The SMILES string of the molecule is COc1ccc(/C(C)=N/NC(=O)COc2cc(OC)c3c(c2)OC(c2cc(OC)c(OC)c(OC)c2)CC3)cc1. The second-order valence-electron chi connectivity index (χ2n) is 8.96. The van der Waals surface area contributed by atoms with Gasteiger partial charge in [-0.1, -0.05) is 0 Å². The highest BCUT2D eigenvalue weighted by Gasteiger charge is 2.27. The van der Waals surface area contributed by atoms with E-state index in [2.05, 4.69) is 10.5 Å². The van der Waals surface area contributed by atoms with Crippen molar-refractivity contribution in [1.82, 2.24) is 5.43 Å². The van der Waals surface area contributed by atoms with E-state index in [0.717, 1.165) is 35.3 Å². The van der Waals surface area contributed by atoms with Crippen LogP contribution in [0.4, 0.5) is 0 Å². The predicted octanol–water partition coefficient (Wildman–Crippen LogP) is 4.72. The van der Waals surface area contributed by atoms with Gasteiger partial charge in [0.2, 0.25) is 5.75 Å². The molecule has 1 aliphatic rings. The smallest absolute Gasteiger partial charge is 0.277 e. The Morgan fingerprint density at radius 2 is 1.55 bits per heavy atom. The van der Waals surface area contributed by atoms with Crippen LogP contribution in [0.2, 0.25) is 0 Å². The molecular formula is C30H34N2O8. The van der Waals surface area contributed by atoms with Gasteiger partial charge in [-0.15, -0.1) is 0 Å². The van der Waals surface area contributed by atoms with Gasteiger partial charge in [-0.05, 0) is 67.3 Å². The van der Waals surface area contributed by atoms with E-state index >= 15 is 0 Å². The average Bonchev–Trinajstić information content (AvgIpc) is 3.00. The van der Waals surface area contributed by atoms with Gasteiger partial charge in [0.25, 0.3) is 5.91 Å². The Hall–Kier alpha value is -4.60. The van der Waals surface area contributed by atoms with E-state index in [1.54, 1.807) is 54.6 Å². The summed E-state index contributed by atoms with van der Waals surface area (Å²) in [6.07, 6.45) is 1.18. The Bertz CT molecular complexity index is 1350. The van der Waals surface area contributed by atoms with Crippen molar-refractivity contribution in [2.24, 2.45) is 5.10 Å². The minimum Gasteiger partial charge on any atom is -0.497 e. The molecule has 0 aromatic heterocycles. The number of nitrogens with zero attached hydrogens (tertiary/aromatic N) is 1. The van der Waals surface area contributed by atoms with Crippen LogP contribution < -0.4 is 38.6 Å². The third kappa shape index (κ3) is 6.33. The van der Waals surface area contributed by atoms with Gasteiger partial charge in [0, 0.05) is 17.7 Å². The highest BCUT2D eigenvalue weighted by Crippen LogP contribution is 2.45. The lowest BCUT2D eigenvalue weighted by Crippen LogP contribution is -2.25. The monoisotopic (exact) mass is 550 g/mol. The van der Waals surface area contributed by atoms with Crippen LogP contribution in [0, 0.1) is 0 Å². The summed E-state index contributed by atoms with van der Waals surface area (Å²) in [5.41, 5.74) is 5.86. The second-order valence-corrected chi connectivity index (χ2v) is 8.96. The Labute approximate surface area is 233 Å². The molecule has 0 fully saturated rings. The first kappa shape index (κ1) is 28.4. The lowest BCUT2D eigenvalue weighted by atomic mass is 9.96. The molecule has 3 aromatic rings. The Morgan fingerprint density at radius 3 is 2.15 bits per heavy atom. The molecule has 1 unspecified atom stereocenters. The van der Waals surface area contributed by atoms with Gasteiger partial charge in [-0.3, -0.25) is 4.79 Å². The summed E-state index contributed by atoms with van der Waals surface area (Å²) >= 11 is 0. The number of carbonyl (C=O) groups is 1. The number of methoxy groups -OCH3 is 5. The van der Waals surface area contributed by atoms with Crippen LogP contribution in [-0.4, -0.2) is 53.8 Å². The van der Waals surface area contributed by atoms with Crippen molar-refractivity contribution in [1.29, 1.82) is 0 Å². The van der Waals surface area contributed by atoms with E-state index < -0.39 is 5.91 Å². The molecule has 4 rings (SSSR count). The molecule has 1 aliphatic heterocycles. The van der Waals surface area contributed by atoms with Gasteiger partial charge in [0.15, 0.2) is 18.1 Å². The molecule has 10 nitrogen and oxygen atoms in total. The number of carbonyl (C=O) groups excluding carboxylic acids is 1. The van der Waals surface area contributed by atoms with E-state index in [1.807, 2.05) is 36.4 Å². The first-order valence-corrected chi connectivity index (χ1v) is 12.7. The Kier molecular flexibility index (Phi) is 9.21. The number of rotatable bonds is 11. The number of ether oxygens (including phenoxy) is 7. The number of nitrogens with one attached hydrogen (secondary N) is 1. The molecule has 1 heterocycles. The normalized spacial score (nSPS) is 14.3. The fourth-order valence-electron chi connectivity index (χ4n) is 4.45. The van der Waals surface area contributed by atoms with Crippen LogP contribution >= 0.6 is 0 Å². The third-order valence-electron chi connectivity index (χ3n) is 6.57. The molecule has 0 radical (unpaired) electrons. The number of hydrogen-bond acceptors (Lipinski definition) is 9. The van der Waals surface area contributed by atoms with Crippen LogP contribution in [0.3, 0.4) is 0 Å². The number of hydrazone groups is 1. The van der Waals surface area contributed by atoms with Gasteiger partial charge >= 0.3 is 0 Å². The van der Waals surface area contributed by atoms with Gasteiger partial charge in [0.05, 0.1) is 41.3 Å². The van der Waals surface area contributed by atoms with Crippen LogP contribution in [0.5, 0.6) is 40.2 Å². The molecule has 3 aromatic carbocycles. The van der Waals surface area contributed by atoms with Crippen molar-refractivity contribution in [2.75, 3.05) is 42.2 Å². The van der Waals surface area contributed by atoms with E-state index in [0.29, 0.717) is 40.2 Å². The average molecular weight is 551 g/mol. The summed E-state index contributed by atoms with van der Waals surface area (Å²) in [6.45, 7) is 1.57.